The monoisotopic (exact) mass is 431 g/mol. The Morgan fingerprint density at radius 3 is 2.67 bits per heavy atom. The first-order chi connectivity index (χ1) is 16.2. The predicted octanol–water partition coefficient (Wildman–Crippen LogP) is 5.88. The maximum atomic E-state index is 9.94. The van der Waals surface area contributed by atoms with Crippen molar-refractivity contribution in [2.24, 2.45) is 0 Å². The van der Waals surface area contributed by atoms with E-state index < -0.39 is 0 Å². The van der Waals surface area contributed by atoms with Crippen molar-refractivity contribution in [3.63, 3.8) is 0 Å². The Labute approximate surface area is 191 Å². The zero-order chi connectivity index (χ0) is 22.6. The molecule has 1 N–H and O–H groups in total. The zero-order valence-corrected chi connectivity index (χ0v) is 18.1. The van der Waals surface area contributed by atoms with E-state index in [9.17, 15) is 5.26 Å². The Hall–Kier alpha value is -4.63. The van der Waals surface area contributed by atoms with E-state index in [1.807, 2.05) is 103 Å². The van der Waals surface area contributed by atoms with Crippen LogP contribution in [0.1, 0.15) is 18.3 Å². The van der Waals surface area contributed by atoms with Crippen LogP contribution in [0.25, 0.3) is 39.6 Å². The van der Waals surface area contributed by atoms with Crippen LogP contribution in [-0.2, 0) is 0 Å². The first kappa shape index (κ1) is 20.3. The molecule has 0 aliphatic carbocycles. The fraction of sp³-hybridized carbons (Fsp3) is 0.0741. The minimum Gasteiger partial charge on any atom is -0.494 e. The van der Waals surface area contributed by atoms with Crippen LogP contribution in [0.15, 0.2) is 85.1 Å². The van der Waals surface area contributed by atoms with E-state index in [0.29, 0.717) is 18.0 Å². The van der Waals surface area contributed by atoms with Gasteiger partial charge in [0.1, 0.15) is 23.3 Å². The fourth-order valence-electron chi connectivity index (χ4n) is 3.72. The fourth-order valence-corrected chi connectivity index (χ4v) is 3.72. The lowest BCUT2D eigenvalue weighted by atomic mass is 10.1. The number of para-hydroxylation sites is 3. The summed E-state index contributed by atoms with van der Waals surface area (Å²) < 4.78 is 7.51. The molecule has 0 unspecified atom stereocenters. The van der Waals surface area contributed by atoms with Crippen LogP contribution in [0, 0.1) is 11.3 Å². The van der Waals surface area contributed by atoms with E-state index in [1.54, 1.807) is 0 Å². The number of hydrogen-bond acceptors (Lipinski definition) is 4. The number of ether oxygens (including phenoxy) is 1. The zero-order valence-electron chi connectivity index (χ0n) is 18.1. The minimum atomic E-state index is 0.432. The average Bonchev–Trinajstić information content (AvgIpc) is 3.48. The molecule has 2 heterocycles. The third-order valence-corrected chi connectivity index (χ3v) is 5.25. The number of aromatic nitrogens is 4. The largest absolute Gasteiger partial charge is 0.494 e. The summed E-state index contributed by atoms with van der Waals surface area (Å²) >= 11 is 0. The van der Waals surface area contributed by atoms with E-state index >= 15 is 0 Å². The highest BCUT2D eigenvalue weighted by Gasteiger charge is 2.15. The van der Waals surface area contributed by atoms with Crippen molar-refractivity contribution in [3.8, 4) is 28.8 Å². The average molecular weight is 431 g/mol. The van der Waals surface area contributed by atoms with Gasteiger partial charge in [-0.05, 0) is 49.4 Å². The molecule has 0 amide bonds. The van der Waals surface area contributed by atoms with E-state index in [1.165, 1.54) is 0 Å². The summed E-state index contributed by atoms with van der Waals surface area (Å²) in [6, 6.07) is 27.7. The Bertz CT molecular complexity index is 1460. The molecular formula is C27H21N5O. The van der Waals surface area contributed by atoms with Crippen LogP contribution in [0.2, 0.25) is 0 Å². The van der Waals surface area contributed by atoms with Crippen molar-refractivity contribution in [2.45, 2.75) is 6.92 Å². The number of fused-ring (bicyclic) bond motifs is 1. The molecule has 0 radical (unpaired) electrons. The second-order valence-corrected chi connectivity index (χ2v) is 7.45. The Kier molecular flexibility index (Phi) is 5.44. The van der Waals surface area contributed by atoms with Gasteiger partial charge in [-0.1, -0.05) is 42.5 Å². The van der Waals surface area contributed by atoms with Gasteiger partial charge < -0.3 is 9.72 Å². The van der Waals surface area contributed by atoms with Gasteiger partial charge in [0.2, 0.25) is 0 Å². The van der Waals surface area contributed by atoms with Gasteiger partial charge in [0, 0.05) is 17.3 Å². The molecular weight excluding hydrogens is 410 g/mol. The van der Waals surface area contributed by atoms with Crippen LogP contribution < -0.4 is 4.74 Å². The molecule has 0 spiro atoms. The molecule has 0 saturated heterocycles. The number of rotatable bonds is 6. The van der Waals surface area contributed by atoms with Crippen molar-refractivity contribution in [1.82, 2.24) is 19.7 Å². The summed E-state index contributed by atoms with van der Waals surface area (Å²) in [5, 5.41) is 14.8. The van der Waals surface area contributed by atoms with E-state index in [0.717, 1.165) is 39.3 Å². The first-order valence-electron chi connectivity index (χ1n) is 10.7. The number of nitrogens with zero attached hydrogens (tertiary/aromatic N) is 4. The summed E-state index contributed by atoms with van der Waals surface area (Å²) in [6.45, 7) is 2.54. The Morgan fingerprint density at radius 2 is 1.88 bits per heavy atom. The minimum absolute atomic E-state index is 0.432. The Morgan fingerprint density at radius 1 is 1.06 bits per heavy atom. The van der Waals surface area contributed by atoms with Gasteiger partial charge in [0.25, 0.3) is 0 Å². The molecule has 0 aliphatic heterocycles. The summed E-state index contributed by atoms with van der Waals surface area (Å²) in [4.78, 5) is 7.83. The highest BCUT2D eigenvalue weighted by molar-refractivity contribution is 5.92. The maximum absolute atomic E-state index is 9.94. The molecule has 160 valence electrons. The lowest BCUT2D eigenvalue weighted by Gasteiger charge is -2.05. The molecule has 33 heavy (non-hydrogen) atoms. The van der Waals surface area contributed by atoms with Crippen molar-refractivity contribution in [1.29, 1.82) is 5.26 Å². The van der Waals surface area contributed by atoms with E-state index in [4.69, 9.17) is 9.84 Å². The lowest BCUT2D eigenvalue weighted by Crippen LogP contribution is -1.94. The van der Waals surface area contributed by atoms with Gasteiger partial charge in [-0.3, -0.25) is 0 Å². The smallest absolute Gasteiger partial charge is 0.149 e. The van der Waals surface area contributed by atoms with Gasteiger partial charge in [0.05, 0.1) is 28.9 Å². The predicted molar refractivity (Wildman–Crippen MR) is 130 cm³/mol. The number of hydrogen-bond donors (Lipinski definition) is 1. The van der Waals surface area contributed by atoms with Gasteiger partial charge in [-0.25, -0.2) is 9.67 Å². The second kappa shape index (κ2) is 8.85. The van der Waals surface area contributed by atoms with Crippen LogP contribution in [0.3, 0.4) is 0 Å². The molecule has 0 aliphatic rings. The molecule has 6 nitrogen and oxygen atoms in total. The third-order valence-electron chi connectivity index (χ3n) is 5.25. The molecule has 6 heteroatoms. The Balaban J connectivity index is 1.65. The summed E-state index contributed by atoms with van der Waals surface area (Å²) in [5.41, 5.74) is 5.54. The summed E-state index contributed by atoms with van der Waals surface area (Å²) in [5.74, 6) is 1.30. The highest BCUT2D eigenvalue weighted by atomic mass is 16.5. The van der Waals surface area contributed by atoms with Gasteiger partial charge in [0.15, 0.2) is 0 Å². The number of aromatic amines is 1. The second-order valence-electron chi connectivity index (χ2n) is 7.45. The SMILES string of the molecule is CCOc1cccc(-c2nn(-c3ccccc3)cc2/C=C(/C#N)c2nc3ccccc3[nH]2)c1. The molecule has 5 rings (SSSR count). The van der Waals surface area contributed by atoms with Crippen LogP contribution >= 0.6 is 0 Å². The molecule has 5 aromatic rings. The third kappa shape index (κ3) is 4.12. The van der Waals surface area contributed by atoms with E-state index in [-0.39, 0.29) is 0 Å². The molecule has 2 aromatic heterocycles. The number of allylic oxidation sites excluding steroid dienone is 1. The highest BCUT2D eigenvalue weighted by Crippen LogP contribution is 2.30. The lowest BCUT2D eigenvalue weighted by molar-refractivity contribution is 0.340. The normalized spacial score (nSPS) is 11.5. The number of benzene rings is 3. The standard InChI is InChI=1S/C27H21N5O/c1-2-33-23-12-8-9-19(16-23)26-21(18-32(31-26)22-10-4-3-5-11-22)15-20(17-28)27-29-24-13-6-7-14-25(24)30-27/h3-16,18H,2H2,1H3,(H,29,30)/b20-15-. The van der Waals surface area contributed by atoms with Crippen LogP contribution in [0.4, 0.5) is 0 Å². The van der Waals surface area contributed by atoms with Crippen molar-refractivity contribution >= 4 is 22.7 Å². The topological polar surface area (TPSA) is 79.5 Å². The molecule has 0 saturated carbocycles. The number of nitrogens with one attached hydrogen (secondary N) is 1. The molecule has 0 fully saturated rings. The van der Waals surface area contributed by atoms with Gasteiger partial charge in [-0.2, -0.15) is 10.4 Å². The van der Waals surface area contributed by atoms with Crippen molar-refractivity contribution in [3.05, 3.63) is 96.4 Å². The number of H-pyrrole nitrogens is 1. The van der Waals surface area contributed by atoms with E-state index in [2.05, 4.69) is 16.0 Å². The molecule has 3 aromatic carbocycles. The number of imidazole rings is 1. The van der Waals surface area contributed by atoms with Gasteiger partial charge >= 0.3 is 0 Å². The van der Waals surface area contributed by atoms with Crippen molar-refractivity contribution < 1.29 is 4.74 Å². The first-order valence-corrected chi connectivity index (χ1v) is 10.7. The van der Waals surface area contributed by atoms with Gasteiger partial charge in [-0.15, -0.1) is 0 Å². The summed E-state index contributed by atoms with van der Waals surface area (Å²) in [7, 11) is 0. The van der Waals surface area contributed by atoms with Crippen molar-refractivity contribution in [2.75, 3.05) is 6.61 Å². The number of nitriles is 1. The molecule has 0 bridgehead atoms. The summed E-state index contributed by atoms with van der Waals surface area (Å²) in [6.07, 6.45) is 3.75. The molecule has 0 atom stereocenters. The van der Waals surface area contributed by atoms with Crippen LogP contribution in [0.5, 0.6) is 5.75 Å². The quantitative estimate of drug-likeness (QED) is 0.341. The maximum Gasteiger partial charge on any atom is 0.149 e. The van der Waals surface area contributed by atoms with Crippen LogP contribution in [-0.4, -0.2) is 26.4 Å².